The number of benzene rings is 1. The Morgan fingerprint density at radius 3 is 2.43 bits per heavy atom. The van der Waals surface area contributed by atoms with Crippen molar-refractivity contribution >= 4 is 21.9 Å². The number of nitrogens with one attached hydrogen (secondary N) is 1. The monoisotopic (exact) mass is 408 g/mol. The van der Waals surface area contributed by atoms with E-state index in [1.54, 1.807) is 26.0 Å². The zero-order chi connectivity index (χ0) is 20.6. The van der Waals surface area contributed by atoms with Crippen LogP contribution in [0.5, 0.6) is 0 Å². The van der Waals surface area contributed by atoms with Crippen LogP contribution in [0, 0.1) is 5.92 Å². The maximum atomic E-state index is 12.4. The number of esters is 1. The molecule has 1 aliphatic rings. The number of nitrogens with zero attached hydrogens (tertiary/aromatic N) is 1. The van der Waals surface area contributed by atoms with Crippen molar-refractivity contribution in [1.82, 2.24) is 9.62 Å². The molecule has 0 spiro atoms. The first kappa shape index (κ1) is 22.1. The summed E-state index contributed by atoms with van der Waals surface area (Å²) in [4.78, 5) is 23.8. The highest BCUT2D eigenvalue weighted by Gasteiger charge is 2.21. The summed E-state index contributed by atoms with van der Waals surface area (Å²) >= 11 is 0. The van der Waals surface area contributed by atoms with Crippen LogP contribution in [0.25, 0.3) is 0 Å². The first-order valence-corrected chi connectivity index (χ1v) is 11.0. The Bertz CT molecular complexity index is 798. The second kappa shape index (κ2) is 10.4. The molecule has 1 aromatic rings. The van der Waals surface area contributed by atoms with Crippen molar-refractivity contribution in [2.24, 2.45) is 5.92 Å². The third kappa shape index (κ3) is 6.17. The number of carbonyl (C=O) groups excluding carboxylic acids is 2. The minimum Gasteiger partial charge on any atom is -0.456 e. The zero-order valence-corrected chi connectivity index (χ0v) is 17.2. The molecule has 0 radical (unpaired) electrons. The van der Waals surface area contributed by atoms with Crippen LogP contribution < -0.4 is 5.32 Å². The van der Waals surface area contributed by atoms with Crippen LogP contribution in [0.1, 0.15) is 38.7 Å². The number of amides is 1. The summed E-state index contributed by atoms with van der Waals surface area (Å²) in [5.74, 6) is -0.561. The van der Waals surface area contributed by atoms with Crippen molar-refractivity contribution in [1.29, 1.82) is 0 Å². The second-order valence-electron chi connectivity index (χ2n) is 6.64. The van der Waals surface area contributed by atoms with Gasteiger partial charge >= 0.3 is 5.97 Å². The second-order valence-corrected chi connectivity index (χ2v) is 8.58. The molecule has 0 bridgehead atoms. The van der Waals surface area contributed by atoms with E-state index >= 15 is 0 Å². The van der Waals surface area contributed by atoms with Gasteiger partial charge in [0, 0.05) is 19.6 Å². The van der Waals surface area contributed by atoms with E-state index in [2.05, 4.69) is 5.32 Å². The zero-order valence-electron chi connectivity index (χ0n) is 16.4. The lowest BCUT2D eigenvalue weighted by Crippen LogP contribution is -2.30. The first-order chi connectivity index (χ1) is 13.4. The Balaban J connectivity index is 1.78. The third-order valence-electron chi connectivity index (χ3n) is 4.66. The number of sulfonamides is 1. The van der Waals surface area contributed by atoms with Gasteiger partial charge in [0.05, 0.1) is 11.3 Å². The van der Waals surface area contributed by atoms with Crippen LogP contribution in [-0.4, -0.2) is 44.3 Å². The van der Waals surface area contributed by atoms with Crippen LogP contribution >= 0.6 is 0 Å². The molecule has 8 heteroatoms. The van der Waals surface area contributed by atoms with E-state index in [0.29, 0.717) is 19.5 Å². The fourth-order valence-electron chi connectivity index (χ4n) is 3.03. The highest BCUT2D eigenvalue weighted by molar-refractivity contribution is 7.89. The molecule has 1 amide bonds. The Morgan fingerprint density at radius 2 is 1.86 bits per heavy atom. The molecule has 0 aromatic heterocycles. The van der Waals surface area contributed by atoms with Crippen LogP contribution in [0.15, 0.2) is 41.3 Å². The fourth-order valence-corrected chi connectivity index (χ4v) is 4.49. The summed E-state index contributed by atoms with van der Waals surface area (Å²) in [6.07, 6.45) is 6.27. The minimum absolute atomic E-state index is 0.210. The molecule has 1 atom stereocenters. The standard InChI is InChI=1S/C20H28N2O5S/c1-3-22(4-2)28(25,26)18-11-9-17(10-12-18)14-21-19(23)15-27-20(24)13-16-7-5-6-8-16/h5,7,9-12,16H,3-4,6,8,13-15H2,1-2H3,(H,21,23)/t16-/m1/s1. The van der Waals surface area contributed by atoms with Gasteiger partial charge in [0.25, 0.3) is 5.91 Å². The van der Waals surface area contributed by atoms with Gasteiger partial charge in [-0.25, -0.2) is 8.42 Å². The Morgan fingerprint density at radius 1 is 1.18 bits per heavy atom. The largest absolute Gasteiger partial charge is 0.456 e. The van der Waals surface area contributed by atoms with Gasteiger partial charge in [0.2, 0.25) is 10.0 Å². The van der Waals surface area contributed by atoms with Crippen molar-refractivity contribution in [3.05, 3.63) is 42.0 Å². The van der Waals surface area contributed by atoms with Crippen molar-refractivity contribution in [3.63, 3.8) is 0 Å². The minimum atomic E-state index is -3.49. The highest BCUT2D eigenvalue weighted by atomic mass is 32.2. The predicted molar refractivity (Wildman–Crippen MR) is 106 cm³/mol. The number of rotatable bonds is 10. The van der Waals surface area contributed by atoms with E-state index < -0.39 is 15.9 Å². The van der Waals surface area contributed by atoms with Crippen LogP contribution in [0.2, 0.25) is 0 Å². The molecule has 0 unspecified atom stereocenters. The summed E-state index contributed by atoms with van der Waals surface area (Å²) in [7, 11) is -3.49. The highest BCUT2D eigenvalue weighted by Crippen LogP contribution is 2.20. The van der Waals surface area contributed by atoms with Gasteiger partial charge in [-0.1, -0.05) is 38.1 Å². The molecule has 1 aliphatic carbocycles. The molecule has 28 heavy (non-hydrogen) atoms. The van der Waals surface area contributed by atoms with Gasteiger partial charge in [0.1, 0.15) is 0 Å². The van der Waals surface area contributed by atoms with E-state index in [0.717, 1.165) is 18.4 Å². The van der Waals surface area contributed by atoms with E-state index in [1.165, 1.54) is 16.4 Å². The Labute approximate surface area is 166 Å². The number of hydrogen-bond donors (Lipinski definition) is 1. The molecular weight excluding hydrogens is 380 g/mol. The van der Waals surface area contributed by atoms with Gasteiger partial charge in [-0.15, -0.1) is 0 Å². The van der Waals surface area contributed by atoms with Gasteiger partial charge in [0.15, 0.2) is 6.61 Å². The van der Waals surface area contributed by atoms with E-state index in [4.69, 9.17) is 4.74 Å². The average Bonchev–Trinajstić information content (AvgIpc) is 3.18. The van der Waals surface area contributed by atoms with Crippen molar-refractivity contribution in [2.45, 2.75) is 44.6 Å². The molecular formula is C20H28N2O5S. The lowest BCUT2D eigenvalue weighted by molar-refractivity contribution is -0.149. The number of carbonyl (C=O) groups is 2. The first-order valence-electron chi connectivity index (χ1n) is 9.54. The SMILES string of the molecule is CCN(CC)S(=O)(=O)c1ccc(CNC(=O)COC(=O)C[C@@H]2C=CCC2)cc1. The summed E-state index contributed by atoms with van der Waals surface area (Å²) in [5, 5.41) is 2.66. The van der Waals surface area contributed by atoms with Gasteiger partial charge < -0.3 is 10.1 Å². The van der Waals surface area contributed by atoms with E-state index in [-0.39, 0.29) is 29.9 Å². The van der Waals surface area contributed by atoms with E-state index in [1.807, 2.05) is 12.2 Å². The van der Waals surface area contributed by atoms with Gasteiger partial charge in [-0.05, 0) is 36.5 Å². The van der Waals surface area contributed by atoms with Crippen molar-refractivity contribution in [3.8, 4) is 0 Å². The lowest BCUT2D eigenvalue weighted by atomic mass is 10.1. The molecule has 1 N–H and O–H groups in total. The number of allylic oxidation sites excluding steroid dienone is 2. The Kier molecular flexibility index (Phi) is 8.19. The van der Waals surface area contributed by atoms with Crippen molar-refractivity contribution < 1.29 is 22.7 Å². The summed E-state index contributed by atoms with van der Waals surface area (Å²) < 4.78 is 31.3. The molecule has 0 heterocycles. The normalized spacial score (nSPS) is 16.3. The molecule has 1 aromatic carbocycles. The fraction of sp³-hybridized carbons (Fsp3) is 0.500. The third-order valence-corrected chi connectivity index (χ3v) is 6.73. The Hall–Kier alpha value is -2.19. The molecule has 154 valence electrons. The maximum Gasteiger partial charge on any atom is 0.306 e. The topological polar surface area (TPSA) is 92.8 Å². The van der Waals surface area contributed by atoms with Crippen molar-refractivity contribution in [2.75, 3.05) is 19.7 Å². The van der Waals surface area contributed by atoms with Gasteiger partial charge in [-0.3, -0.25) is 9.59 Å². The average molecular weight is 409 g/mol. The predicted octanol–water partition coefficient (Wildman–Crippen LogP) is 2.23. The summed E-state index contributed by atoms with van der Waals surface area (Å²) in [6.45, 7) is 4.32. The van der Waals surface area contributed by atoms with Crippen LogP contribution in [0.3, 0.4) is 0 Å². The van der Waals surface area contributed by atoms with Crippen LogP contribution in [0.4, 0.5) is 0 Å². The van der Waals surface area contributed by atoms with Gasteiger partial charge in [-0.2, -0.15) is 4.31 Å². The molecule has 0 saturated carbocycles. The van der Waals surface area contributed by atoms with E-state index in [9.17, 15) is 18.0 Å². The number of ether oxygens (including phenoxy) is 1. The molecule has 2 rings (SSSR count). The molecule has 0 fully saturated rings. The molecule has 0 aliphatic heterocycles. The maximum absolute atomic E-state index is 12.4. The quantitative estimate of drug-likeness (QED) is 0.473. The summed E-state index contributed by atoms with van der Waals surface area (Å²) in [5.41, 5.74) is 0.759. The molecule has 7 nitrogen and oxygen atoms in total. The summed E-state index contributed by atoms with van der Waals surface area (Å²) in [6, 6.07) is 6.39. The smallest absolute Gasteiger partial charge is 0.306 e. The van der Waals surface area contributed by atoms with Crippen LogP contribution in [-0.2, 0) is 30.9 Å². The molecule has 0 saturated heterocycles. The lowest BCUT2D eigenvalue weighted by Gasteiger charge is -2.18. The number of hydrogen-bond acceptors (Lipinski definition) is 5.